The fourth-order valence-electron chi connectivity index (χ4n) is 10.8. The molecule has 0 atom stereocenters. The summed E-state index contributed by atoms with van der Waals surface area (Å²) < 4.78 is 0. The van der Waals surface area contributed by atoms with E-state index >= 15 is 0 Å². The highest BCUT2D eigenvalue weighted by Gasteiger charge is 2.20. The molecule has 0 aromatic heterocycles. The summed E-state index contributed by atoms with van der Waals surface area (Å²) >= 11 is 0. The zero-order valence-electron chi connectivity index (χ0n) is 37.9. The van der Waals surface area contributed by atoms with Crippen LogP contribution in [0, 0.1) is 0 Å². The van der Waals surface area contributed by atoms with Crippen LogP contribution in [0.5, 0.6) is 0 Å². The molecule has 0 saturated heterocycles. The molecule has 0 saturated carbocycles. The maximum absolute atomic E-state index is 2.42. The van der Waals surface area contributed by atoms with Gasteiger partial charge in [-0.25, -0.2) is 0 Å². The zero-order chi connectivity index (χ0) is 45.7. The molecule has 13 aromatic carbocycles. The first-order valence-electron chi connectivity index (χ1n) is 23.8. The SMILES string of the molecule is c1ccc(-c2c(-c3ccccc3)c3cc(-c4cccc(N(c5ccc(-c6cccc7ccccc67)cc5)c5ccc(-c6cccc7c6ccc6ccccc67)cc5)c4)ccc3c3ccccc23)cc1. The number of nitrogens with zero attached hydrogens (tertiary/aromatic N) is 1. The van der Waals surface area contributed by atoms with Gasteiger partial charge in [-0.1, -0.05) is 231 Å². The summed E-state index contributed by atoms with van der Waals surface area (Å²) in [6.07, 6.45) is 0. The van der Waals surface area contributed by atoms with Crippen molar-refractivity contribution in [2.45, 2.75) is 0 Å². The van der Waals surface area contributed by atoms with E-state index in [9.17, 15) is 0 Å². The number of fused-ring (bicyclic) bond motifs is 7. The van der Waals surface area contributed by atoms with Gasteiger partial charge in [-0.05, 0) is 152 Å². The Labute approximate surface area is 402 Å². The van der Waals surface area contributed by atoms with Crippen LogP contribution in [0.4, 0.5) is 17.1 Å². The molecular formula is C68H45N. The highest BCUT2D eigenvalue weighted by molar-refractivity contribution is 6.22. The first-order valence-corrected chi connectivity index (χ1v) is 23.8. The normalized spacial score (nSPS) is 11.5. The molecule has 1 nitrogen and oxygen atoms in total. The standard InChI is InChI=1S/C68H45N/c1-3-18-50(19-4-1)67-65-28-12-11-27-62(65)64-43-37-53(45-66(64)68(67)51-20-5-2-6-21-51)52-23-13-24-56(44-52)69(54-38-32-48(33-39-54)58-29-14-22-46-16-7-9-25-57(46)58)55-40-34-49(35-41-55)60-30-15-31-61-59-26-10-8-17-47(59)36-42-63(60)61/h1-45H. The quantitative estimate of drug-likeness (QED) is 0.138. The Morgan fingerprint density at radius 1 is 0.188 bits per heavy atom. The molecule has 13 aromatic rings. The van der Waals surface area contributed by atoms with Gasteiger partial charge in [0.25, 0.3) is 0 Å². The molecule has 0 spiro atoms. The van der Waals surface area contributed by atoms with Crippen molar-refractivity contribution in [3.05, 3.63) is 273 Å². The number of hydrogen-bond donors (Lipinski definition) is 0. The van der Waals surface area contributed by atoms with Crippen LogP contribution >= 0.6 is 0 Å². The minimum atomic E-state index is 1.08. The van der Waals surface area contributed by atoms with E-state index in [1.54, 1.807) is 0 Å². The minimum absolute atomic E-state index is 1.08. The molecule has 0 aliphatic heterocycles. The molecule has 69 heavy (non-hydrogen) atoms. The molecule has 0 aliphatic rings. The summed E-state index contributed by atoms with van der Waals surface area (Å²) in [6.45, 7) is 0. The monoisotopic (exact) mass is 875 g/mol. The predicted molar refractivity (Wildman–Crippen MR) is 296 cm³/mol. The second-order valence-corrected chi connectivity index (χ2v) is 18.0. The number of anilines is 3. The fraction of sp³-hybridized carbons (Fsp3) is 0. The van der Waals surface area contributed by atoms with Gasteiger partial charge in [0.15, 0.2) is 0 Å². The maximum Gasteiger partial charge on any atom is 0.0467 e. The Morgan fingerprint density at radius 2 is 0.609 bits per heavy atom. The van der Waals surface area contributed by atoms with Gasteiger partial charge in [0, 0.05) is 17.1 Å². The van der Waals surface area contributed by atoms with Gasteiger partial charge in [-0.2, -0.15) is 0 Å². The van der Waals surface area contributed by atoms with Crippen molar-refractivity contribution < 1.29 is 0 Å². The van der Waals surface area contributed by atoms with Crippen LogP contribution in [0.15, 0.2) is 273 Å². The fourth-order valence-corrected chi connectivity index (χ4v) is 10.8. The summed E-state index contributed by atoms with van der Waals surface area (Å²) in [5.41, 5.74) is 15.3. The Morgan fingerprint density at radius 3 is 1.29 bits per heavy atom. The second-order valence-electron chi connectivity index (χ2n) is 18.0. The van der Waals surface area contributed by atoms with Crippen molar-refractivity contribution in [1.29, 1.82) is 0 Å². The largest absolute Gasteiger partial charge is 0.310 e. The van der Waals surface area contributed by atoms with E-state index in [0.29, 0.717) is 0 Å². The maximum atomic E-state index is 2.42. The lowest BCUT2D eigenvalue weighted by atomic mass is 9.84. The smallest absolute Gasteiger partial charge is 0.0467 e. The second kappa shape index (κ2) is 17.0. The lowest BCUT2D eigenvalue weighted by Crippen LogP contribution is -2.10. The van der Waals surface area contributed by atoms with Crippen molar-refractivity contribution in [2.24, 2.45) is 0 Å². The summed E-state index contributed by atoms with van der Waals surface area (Å²) in [5.74, 6) is 0. The Bertz CT molecular complexity index is 4040. The molecular weight excluding hydrogens is 831 g/mol. The van der Waals surface area contributed by atoms with E-state index in [0.717, 1.165) is 22.6 Å². The Balaban J connectivity index is 0.962. The van der Waals surface area contributed by atoms with Gasteiger partial charge in [0.05, 0.1) is 0 Å². The third-order valence-electron chi connectivity index (χ3n) is 14.0. The third-order valence-corrected chi connectivity index (χ3v) is 14.0. The van der Waals surface area contributed by atoms with Crippen molar-refractivity contribution in [1.82, 2.24) is 0 Å². The van der Waals surface area contributed by atoms with Crippen LogP contribution < -0.4 is 4.90 Å². The van der Waals surface area contributed by atoms with E-state index in [1.807, 2.05) is 0 Å². The van der Waals surface area contributed by atoms with Gasteiger partial charge in [0.1, 0.15) is 0 Å². The Kier molecular flexibility index (Phi) is 9.91. The van der Waals surface area contributed by atoms with Crippen LogP contribution in [-0.2, 0) is 0 Å². The van der Waals surface area contributed by atoms with Crippen LogP contribution in [0.25, 0.3) is 109 Å². The molecule has 322 valence electrons. The molecule has 0 fully saturated rings. The molecule has 0 bridgehead atoms. The molecule has 13 rings (SSSR count). The van der Waals surface area contributed by atoms with Crippen LogP contribution in [0.1, 0.15) is 0 Å². The summed E-state index contributed by atoms with van der Waals surface area (Å²) in [5, 5.41) is 12.6. The average Bonchev–Trinajstić information content (AvgIpc) is 3.43. The minimum Gasteiger partial charge on any atom is -0.310 e. The lowest BCUT2D eigenvalue weighted by molar-refractivity contribution is 1.28. The van der Waals surface area contributed by atoms with Gasteiger partial charge in [-0.3, -0.25) is 0 Å². The van der Waals surface area contributed by atoms with Crippen LogP contribution in [-0.4, -0.2) is 0 Å². The third kappa shape index (κ3) is 7.12. The molecule has 0 heterocycles. The molecule has 0 radical (unpaired) electrons. The van der Waals surface area contributed by atoms with Crippen molar-refractivity contribution in [3.8, 4) is 55.6 Å². The predicted octanol–water partition coefficient (Wildman–Crippen LogP) is 19.3. The highest BCUT2D eigenvalue weighted by atomic mass is 15.1. The summed E-state index contributed by atoms with van der Waals surface area (Å²) in [4.78, 5) is 2.40. The van der Waals surface area contributed by atoms with E-state index in [-0.39, 0.29) is 0 Å². The Hall–Kier alpha value is -9.04. The van der Waals surface area contributed by atoms with Crippen LogP contribution in [0.3, 0.4) is 0 Å². The van der Waals surface area contributed by atoms with Crippen molar-refractivity contribution in [2.75, 3.05) is 4.90 Å². The average molecular weight is 876 g/mol. The summed E-state index contributed by atoms with van der Waals surface area (Å²) in [6, 6.07) is 100. The van der Waals surface area contributed by atoms with Gasteiger partial charge in [-0.15, -0.1) is 0 Å². The van der Waals surface area contributed by atoms with Crippen molar-refractivity contribution >= 4 is 70.9 Å². The first-order chi connectivity index (χ1) is 34.2. The zero-order valence-corrected chi connectivity index (χ0v) is 37.9. The van der Waals surface area contributed by atoms with E-state index in [4.69, 9.17) is 0 Å². The van der Waals surface area contributed by atoms with Crippen molar-refractivity contribution in [3.63, 3.8) is 0 Å². The van der Waals surface area contributed by atoms with E-state index < -0.39 is 0 Å². The summed E-state index contributed by atoms with van der Waals surface area (Å²) in [7, 11) is 0. The molecule has 1 heteroatoms. The number of rotatable bonds is 8. The molecule has 0 aliphatic carbocycles. The molecule has 0 amide bonds. The van der Waals surface area contributed by atoms with E-state index in [2.05, 4.69) is 278 Å². The van der Waals surface area contributed by atoms with Gasteiger partial charge in [0.2, 0.25) is 0 Å². The lowest BCUT2D eigenvalue weighted by Gasteiger charge is -2.27. The highest BCUT2D eigenvalue weighted by Crippen LogP contribution is 2.46. The van der Waals surface area contributed by atoms with Gasteiger partial charge >= 0.3 is 0 Å². The van der Waals surface area contributed by atoms with Gasteiger partial charge < -0.3 is 4.90 Å². The number of hydrogen-bond acceptors (Lipinski definition) is 1. The van der Waals surface area contributed by atoms with Crippen LogP contribution in [0.2, 0.25) is 0 Å². The molecule has 0 unspecified atom stereocenters. The molecule has 0 N–H and O–H groups in total. The topological polar surface area (TPSA) is 3.24 Å². The first kappa shape index (κ1) is 40.3. The van der Waals surface area contributed by atoms with E-state index in [1.165, 1.54) is 104 Å². The number of benzene rings is 13.